The van der Waals surface area contributed by atoms with Gasteiger partial charge in [-0.15, -0.1) is 0 Å². The molecular weight excluding hydrogens is 388 g/mol. The predicted molar refractivity (Wildman–Crippen MR) is 96.0 cm³/mol. The number of para-hydroxylation sites is 1. The zero-order chi connectivity index (χ0) is 17.8. The van der Waals surface area contributed by atoms with Gasteiger partial charge in [-0.25, -0.2) is 0 Å². The third-order valence-electron chi connectivity index (χ3n) is 3.53. The van der Waals surface area contributed by atoms with Gasteiger partial charge in [0.25, 0.3) is 5.91 Å². The van der Waals surface area contributed by atoms with Crippen LogP contribution >= 0.6 is 15.9 Å². The average molecular weight is 403 g/mol. The van der Waals surface area contributed by atoms with E-state index in [2.05, 4.69) is 26.4 Å². The molecule has 3 aromatic rings. The first-order chi connectivity index (χ1) is 12.0. The van der Waals surface area contributed by atoms with Crippen molar-refractivity contribution in [3.05, 3.63) is 58.7 Å². The summed E-state index contributed by atoms with van der Waals surface area (Å²) < 4.78 is 11.2. The van der Waals surface area contributed by atoms with Gasteiger partial charge in [-0.3, -0.25) is 9.59 Å². The second kappa shape index (κ2) is 7.48. The normalized spacial score (nSPS) is 11.9. The molecule has 1 aromatic heterocycles. The smallest absolute Gasteiger partial charge is 0.312 e. The highest BCUT2D eigenvalue weighted by molar-refractivity contribution is 9.10. The van der Waals surface area contributed by atoms with E-state index in [-0.39, 0.29) is 6.42 Å². The van der Waals surface area contributed by atoms with Crippen LogP contribution < -0.4 is 5.32 Å². The summed E-state index contributed by atoms with van der Waals surface area (Å²) in [5.74, 6) is -0.951. The van der Waals surface area contributed by atoms with Gasteiger partial charge < -0.3 is 14.6 Å². The van der Waals surface area contributed by atoms with E-state index in [0.29, 0.717) is 17.0 Å². The molecule has 0 saturated carbocycles. The topological polar surface area (TPSA) is 81.4 Å². The fraction of sp³-hybridized carbons (Fsp3) is 0.167. The first kappa shape index (κ1) is 17.2. The van der Waals surface area contributed by atoms with Gasteiger partial charge in [0.05, 0.1) is 6.42 Å². The molecule has 0 unspecified atom stereocenters. The van der Waals surface area contributed by atoms with E-state index in [0.717, 1.165) is 9.86 Å². The van der Waals surface area contributed by atoms with Crippen molar-refractivity contribution in [3.63, 3.8) is 0 Å². The highest BCUT2D eigenvalue weighted by Gasteiger charge is 2.20. The first-order valence-corrected chi connectivity index (χ1v) is 8.41. The van der Waals surface area contributed by atoms with E-state index in [1.54, 1.807) is 24.3 Å². The summed E-state index contributed by atoms with van der Waals surface area (Å²) in [6.07, 6.45) is -0.990. The summed E-state index contributed by atoms with van der Waals surface area (Å²) in [4.78, 5) is 24.2. The maximum absolute atomic E-state index is 12.1. The Morgan fingerprint density at radius 3 is 2.84 bits per heavy atom. The van der Waals surface area contributed by atoms with Crippen molar-refractivity contribution in [1.29, 1.82) is 0 Å². The number of ether oxygens (including phenoxy) is 1. The van der Waals surface area contributed by atoms with Gasteiger partial charge >= 0.3 is 5.97 Å². The lowest BCUT2D eigenvalue weighted by Gasteiger charge is -2.13. The molecule has 3 rings (SSSR count). The van der Waals surface area contributed by atoms with Crippen LogP contribution in [0, 0.1) is 0 Å². The van der Waals surface area contributed by atoms with Crippen LogP contribution in [0.1, 0.15) is 12.6 Å². The van der Waals surface area contributed by atoms with Gasteiger partial charge in [-0.05, 0) is 37.3 Å². The van der Waals surface area contributed by atoms with Crippen molar-refractivity contribution < 1.29 is 18.8 Å². The van der Waals surface area contributed by atoms with Gasteiger partial charge in [0, 0.05) is 15.5 Å². The number of halogens is 1. The summed E-state index contributed by atoms with van der Waals surface area (Å²) >= 11 is 3.33. The Kier molecular flexibility index (Phi) is 5.14. The minimum Gasteiger partial charge on any atom is -0.452 e. The lowest BCUT2D eigenvalue weighted by molar-refractivity contribution is -0.152. The molecule has 1 heterocycles. The highest BCUT2D eigenvalue weighted by atomic mass is 79.9. The van der Waals surface area contributed by atoms with Crippen molar-refractivity contribution in [1.82, 2.24) is 5.16 Å². The number of nitrogens with zero attached hydrogens (tertiary/aromatic N) is 1. The third-order valence-corrected chi connectivity index (χ3v) is 4.03. The maximum atomic E-state index is 12.1. The number of fused-ring (bicyclic) bond motifs is 1. The van der Waals surface area contributed by atoms with Crippen LogP contribution in [-0.4, -0.2) is 23.1 Å². The molecule has 0 aliphatic rings. The molecule has 1 amide bonds. The predicted octanol–water partition coefficient (Wildman–Crippen LogP) is 3.70. The quantitative estimate of drug-likeness (QED) is 0.657. The number of aromatic nitrogens is 1. The summed E-state index contributed by atoms with van der Waals surface area (Å²) in [7, 11) is 0. The average Bonchev–Trinajstić information content (AvgIpc) is 2.98. The monoisotopic (exact) mass is 402 g/mol. The van der Waals surface area contributed by atoms with Crippen LogP contribution in [0.5, 0.6) is 0 Å². The van der Waals surface area contributed by atoms with Crippen molar-refractivity contribution in [3.8, 4) is 0 Å². The van der Waals surface area contributed by atoms with Gasteiger partial charge in [-0.2, -0.15) is 0 Å². The van der Waals surface area contributed by atoms with Crippen molar-refractivity contribution in [2.75, 3.05) is 5.32 Å². The number of benzene rings is 2. The molecule has 7 heteroatoms. The molecule has 128 valence electrons. The standard InChI is InChI=1S/C18H15BrN2O4/c1-11(18(23)20-13-6-4-5-12(19)9-13)24-17(22)10-15-14-7-2-3-8-16(14)25-21-15/h2-9,11H,10H2,1H3,(H,20,23)/t11-/m0/s1. The first-order valence-electron chi connectivity index (χ1n) is 7.62. The Morgan fingerprint density at radius 2 is 2.04 bits per heavy atom. The molecule has 0 aliphatic carbocycles. The van der Waals surface area contributed by atoms with E-state index in [4.69, 9.17) is 9.26 Å². The Morgan fingerprint density at radius 1 is 1.24 bits per heavy atom. The van der Waals surface area contributed by atoms with Crippen LogP contribution in [0.4, 0.5) is 5.69 Å². The van der Waals surface area contributed by atoms with E-state index >= 15 is 0 Å². The Balaban J connectivity index is 1.59. The number of hydrogen-bond acceptors (Lipinski definition) is 5. The fourth-order valence-corrected chi connectivity index (χ4v) is 2.70. The summed E-state index contributed by atoms with van der Waals surface area (Å²) in [5.41, 5.74) is 1.70. The van der Waals surface area contributed by atoms with Gasteiger partial charge in [0.15, 0.2) is 11.7 Å². The van der Waals surface area contributed by atoms with E-state index in [9.17, 15) is 9.59 Å². The number of amides is 1. The maximum Gasteiger partial charge on any atom is 0.312 e. The van der Waals surface area contributed by atoms with Gasteiger partial charge in [0.2, 0.25) is 0 Å². The largest absolute Gasteiger partial charge is 0.452 e. The molecule has 1 atom stereocenters. The van der Waals surface area contributed by atoms with Crippen molar-refractivity contribution in [2.45, 2.75) is 19.4 Å². The second-order valence-corrected chi connectivity index (χ2v) is 6.35. The van der Waals surface area contributed by atoms with Crippen LogP contribution in [-0.2, 0) is 20.7 Å². The number of carbonyl (C=O) groups is 2. The van der Waals surface area contributed by atoms with Gasteiger partial charge in [0.1, 0.15) is 5.69 Å². The molecule has 25 heavy (non-hydrogen) atoms. The molecule has 2 aromatic carbocycles. The molecule has 0 aliphatic heterocycles. The molecular formula is C18H15BrN2O4. The lowest BCUT2D eigenvalue weighted by Crippen LogP contribution is -2.30. The van der Waals surface area contributed by atoms with Crippen molar-refractivity contribution in [2.24, 2.45) is 0 Å². The zero-order valence-electron chi connectivity index (χ0n) is 13.4. The molecule has 0 spiro atoms. The van der Waals surface area contributed by atoms with Crippen LogP contribution in [0.3, 0.4) is 0 Å². The molecule has 0 radical (unpaired) electrons. The Labute approximate surface area is 152 Å². The van der Waals surface area contributed by atoms with Gasteiger partial charge in [-0.1, -0.05) is 39.3 Å². The Hall–Kier alpha value is -2.67. The number of nitrogens with one attached hydrogen (secondary N) is 1. The van der Waals surface area contributed by atoms with E-state index < -0.39 is 18.0 Å². The SMILES string of the molecule is C[C@H](OC(=O)Cc1noc2ccccc12)C(=O)Nc1cccc(Br)c1. The number of carbonyl (C=O) groups excluding carboxylic acids is 2. The van der Waals surface area contributed by atoms with Crippen LogP contribution in [0.25, 0.3) is 11.0 Å². The number of anilines is 1. The molecule has 1 N–H and O–H groups in total. The van der Waals surface area contributed by atoms with Crippen molar-refractivity contribution >= 4 is 44.5 Å². The second-order valence-electron chi connectivity index (χ2n) is 5.43. The molecule has 0 bridgehead atoms. The molecule has 6 nitrogen and oxygen atoms in total. The zero-order valence-corrected chi connectivity index (χ0v) is 14.9. The lowest BCUT2D eigenvalue weighted by atomic mass is 10.2. The summed E-state index contributed by atoms with van der Waals surface area (Å²) in [5, 5.41) is 7.33. The fourth-order valence-electron chi connectivity index (χ4n) is 2.30. The highest BCUT2D eigenvalue weighted by Crippen LogP contribution is 2.19. The van der Waals surface area contributed by atoms with E-state index in [1.807, 2.05) is 24.3 Å². The van der Waals surface area contributed by atoms with Crippen LogP contribution in [0.15, 0.2) is 57.5 Å². The van der Waals surface area contributed by atoms with Crippen LogP contribution in [0.2, 0.25) is 0 Å². The number of hydrogen-bond donors (Lipinski definition) is 1. The number of esters is 1. The number of rotatable bonds is 5. The molecule has 0 saturated heterocycles. The Bertz CT molecular complexity index is 922. The minimum atomic E-state index is -0.926. The molecule has 0 fully saturated rings. The summed E-state index contributed by atoms with van der Waals surface area (Å²) in [6.45, 7) is 1.52. The van der Waals surface area contributed by atoms with E-state index in [1.165, 1.54) is 6.92 Å². The third kappa shape index (κ3) is 4.24. The summed E-state index contributed by atoms with van der Waals surface area (Å²) in [6, 6.07) is 14.4. The minimum absolute atomic E-state index is 0.0640.